The molecule has 0 aromatic carbocycles. The first-order valence-electron chi connectivity index (χ1n) is 9.92. The molecule has 0 heterocycles. The average Bonchev–Trinajstić information content (AvgIpc) is 2.46. The van der Waals surface area contributed by atoms with Crippen LogP contribution in [0.4, 0.5) is 0 Å². The number of rotatable bonds is 17. The second-order valence-electron chi connectivity index (χ2n) is 7.11. The van der Waals surface area contributed by atoms with Gasteiger partial charge in [0.15, 0.2) is 0 Å². The number of unbranched alkanes of at least 4 members (excludes halogenated alkanes) is 15. The van der Waals surface area contributed by atoms with Gasteiger partial charge < -0.3 is 4.90 Å². The Morgan fingerprint density at radius 2 is 0.727 bits per heavy atom. The van der Waals surface area contributed by atoms with E-state index in [1.807, 2.05) is 0 Å². The Morgan fingerprint density at radius 3 is 1.00 bits per heavy atom. The van der Waals surface area contributed by atoms with Gasteiger partial charge in [-0.25, -0.2) is 0 Å². The van der Waals surface area contributed by atoms with Gasteiger partial charge >= 0.3 is 0 Å². The molecule has 1 unspecified atom stereocenters. The maximum atomic E-state index is 2.30. The summed E-state index contributed by atoms with van der Waals surface area (Å²) in [6.45, 7) is 3.56. The van der Waals surface area contributed by atoms with Crippen LogP contribution in [0.2, 0.25) is 0 Å². The molecule has 0 aliphatic carbocycles. The van der Waals surface area contributed by atoms with Crippen molar-refractivity contribution in [2.24, 2.45) is 0 Å². The summed E-state index contributed by atoms with van der Waals surface area (Å²) in [6.07, 6.45) is 23.3. The molecule has 0 saturated carbocycles. The van der Waals surface area contributed by atoms with Crippen LogP contribution in [0.3, 0.4) is 0 Å². The van der Waals surface area contributed by atoms with Crippen molar-refractivity contribution in [1.29, 1.82) is 0 Å². The topological polar surface area (TPSA) is 3.24 Å². The van der Waals surface area contributed by atoms with Gasteiger partial charge in [-0.15, -0.1) is 0 Å². The summed E-state index contributed by atoms with van der Waals surface area (Å²) < 4.78 is 0. The molecule has 0 aromatic rings. The predicted octanol–water partition coefficient (Wildman–Crippen LogP) is 6.87. The molecule has 0 N–H and O–H groups in total. The zero-order valence-electron chi connectivity index (χ0n) is 16.2. The second kappa shape index (κ2) is 21.4. The van der Waals surface area contributed by atoms with Gasteiger partial charge in [0.2, 0.25) is 0 Å². The van der Waals surface area contributed by atoms with Gasteiger partial charge in [-0.05, 0) is 27.1 Å². The molecular weight excluding hydrogens is 285 g/mol. The van der Waals surface area contributed by atoms with Gasteiger partial charge in [0.25, 0.3) is 0 Å². The summed E-state index contributed by atoms with van der Waals surface area (Å²) >= 11 is 0. The monoisotopic (exact) mass is 331 g/mol. The normalized spacial score (nSPS) is 10.9. The molecule has 0 amide bonds. The van der Waals surface area contributed by atoms with Gasteiger partial charge in [-0.1, -0.05) is 103 Å². The van der Waals surface area contributed by atoms with E-state index in [0.29, 0.717) is 0 Å². The first-order chi connectivity index (χ1) is 10.3. The Balaban J connectivity index is 0. The molecule has 0 fully saturated rings. The van der Waals surface area contributed by atoms with Crippen LogP contribution in [0, 0.1) is 0 Å². The van der Waals surface area contributed by atoms with Gasteiger partial charge in [0.05, 0.1) is 0 Å². The average molecular weight is 332 g/mol. The highest BCUT2D eigenvalue weighted by atomic mass is 31.0. The van der Waals surface area contributed by atoms with Crippen molar-refractivity contribution in [3.63, 3.8) is 0 Å². The van der Waals surface area contributed by atoms with Crippen molar-refractivity contribution in [3.05, 3.63) is 0 Å². The number of hydrogen-bond donors (Lipinski definition) is 0. The third-order valence-corrected chi connectivity index (χ3v) is 4.46. The molecule has 22 heavy (non-hydrogen) atoms. The molecule has 0 bridgehead atoms. The Kier molecular flexibility index (Phi) is 24.0. The fourth-order valence-electron chi connectivity index (χ4n) is 2.98. The van der Waals surface area contributed by atoms with Crippen molar-refractivity contribution >= 4 is 9.90 Å². The Bertz CT molecular complexity index is 183. The third-order valence-electron chi connectivity index (χ3n) is 4.46. The summed E-state index contributed by atoms with van der Waals surface area (Å²) in [6, 6.07) is 0. The van der Waals surface area contributed by atoms with Crippen LogP contribution >= 0.6 is 9.90 Å². The highest BCUT2D eigenvalue weighted by Gasteiger charge is 1.95. The van der Waals surface area contributed by atoms with Crippen molar-refractivity contribution in [2.75, 3.05) is 20.6 Å². The lowest BCUT2D eigenvalue weighted by molar-refractivity contribution is 0.389. The molecule has 0 aromatic heterocycles. The van der Waals surface area contributed by atoms with E-state index in [0.717, 1.165) is 0 Å². The number of nitrogens with zero attached hydrogens (tertiary/aromatic N) is 1. The van der Waals surface area contributed by atoms with Crippen molar-refractivity contribution in [3.8, 4) is 0 Å². The summed E-state index contributed by atoms with van der Waals surface area (Å²) in [5.74, 6) is 0. The zero-order valence-corrected chi connectivity index (χ0v) is 17.6. The molecular formula is C20H46NP. The van der Waals surface area contributed by atoms with Gasteiger partial charge in [0.1, 0.15) is 0 Å². The van der Waals surface area contributed by atoms with E-state index in [1.165, 1.54) is 109 Å². The fourth-order valence-corrected chi connectivity index (χ4v) is 2.98. The lowest BCUT2D eigenvalue weighted by Gasteiger charge is -2.08. The zero-order chi connectivity index (χ0) is 15.6. The minimum atomic E-state index is 0. The molecule has 2 heteroatoms. The van der Waals surface area contributed by atoms with Crippen LogP contribution in [0.15, 0.2) is 0 Å². The third kappa shape index (κ3) is 22.7. The van der Waals surface area contributed by atoms with E-state index < -0.39 is 0 Å². The van der Waals surface area contributed by atoms with Crippen LogP contribution in [-0.2, 0) is 0 Å². The summed E-state index contributed by atoms with van der Waals surface area (Å²) in [4.78, 5) is 2.30. The van der Waals surface area contributed by atoms with Crippen molar-refractivity contribution in [2.45, 2.75) is 110 Å². The number of hydrogen-bond acceptors (Lipinski definition) is 1. The summed E-state index contributed by atoms with van der Waals surface area (Å²) in [5.41, 5.74) is 0. The molecule has 0 rings (SSSR count). The summed E-state index contributed by atoms with van der Waals surface area (Å²) in [7, 11) is 4.34. The molecule has 0 spiro atoms. The first-order valence-corrected chi connectivity index (χ1v) is 9.92. The first kappa shape index (κ1) is 24.6. The van der Waals surface area contributed by atoms with E-state index in [4.69, 9.17) is 0 Å². The van der Waals surface area contributed by atoms with Crippen LogP contribution in [0.5, 0.6) is 0 Å². The Morgan fingerprint density at radius 1 is 0.455 bits per heavy atom. The maximum Gasteiger partial charge on any atom is -0.00248 e. The highest BCUT2D eigenvalue weighted by Crippen LogP contribution is 2.13. The smallest absolute Gasteiger partial charge is 0.00248 e. The minimum Gasteiger partial charge on any atom is -0.309 e. The van der Waals surface area contributed by atoms with E-state index in [2.05, 4.69) is 25.9 Å². The van der Waals surface area contributed by atoms with E-state index >= 15 is 0 Å². The quantitative estimate of drug-likeness (QED) is 0.208. The van der Waals surface area contributed by atoms with E-state index in [9.17, 15) is 0 Å². The lowest BCUT2D eigenvalue weighted by atomic mass is 10.0. The fraction of sp³-hybridized carbons (Fsp3) is 1.00. The maximum absolute atomic E-state index is 2.30. The second-order valence-corrected chi connectivity index (χ2v) is 7.11. The molecule has 0 aliphatic heterocycles. The summed E-state index contributed by atoms with van der Waals surface area (Å²) in [5, 5.41) is 0. The molecule has 1 atom stereocenters. The van der Waals surface area contributed by atoms with Crippen LogP contribution in [0.1, 0.15) is 110 Å². The van der Waals surface area contributed by atoms with Gasteiger partial charge in [0, 0.05) is 0 Å². The van der Waals surface area contributed by atoms with Gasteiger partial charge in [-0.3, -0.25) is 0 Å². The minimum absolute atomic E-state index is 0. The highest BCUT2D eigenvalue weighted by molar-refractivity contribution is 6.92. The van der Waals surface area contributed by atoms with E-state index in [1.54, 1.807) is 0 Å². The van der Waals surface area contributed by atoms with Crippen LogP contribution < -0.4 is 0 Å². The Hall–Kier alpha value is 0.390. The van der Waals surface area contributed by atoms with Crippen LogP contribution in [-0.4, -0.2) is 25.5 Å². The molecule has 0 saturated heterocycles. The van der Waals surface area contributed by atoms with Gasteiger partial charge in [-0.2, -0.15) is 9.90 Å². The molecule has 1 nitrogen and oxygen atoms in total. The van der Waals surface area contributed by atoms with Crippen LogP contribution in [0.25, 0.3) is 0 Å². The Labute approximate surface area is 145 Å². The standard InChI is InChI=1S/C20H43N.H3P/c1-4-5-6-7-8-9-10-11-12-13-14-15-16-17-18-19-20-21(2)3;/h4-20H2,1-3H3;1H3. The largest absolute Gasteiger partial charge is 0.309 e. The SMILES string of the molecule is CCCCCCCCCCCCCCCCCCN(C)C.P. The lowest BCUT2D eigenvalue weighted by Crippen LogP contribution is -2.12. The molecule has 0 aliphatic rings. The predicted molar refractivity (Wildman–Crippen MR) is 109 cm³/mol. The molecule has 0 radical (unpaired) electrons. The van der Waals surface area contributed by atoms with Crippen molar-refractivity contribution in [1.82, 2.24) is 4.90 Å². The van der Waals surface area contributed by atoms with Crippen molar-refractivity contribution < 1.29 is 0 Å². The molecule has 136 valence electrons. The van der Waals surface area contributed by atoms with E-state index in [-0.39, 0.29) is 9.90 Å².